The molecule has 1 aliphatic rings. The van der Waals surface area contributed by atoms with Crippen molar-refractivity contribution in [2.24, 2.45) is 0 Å². The van der Waals surface area contributed by atoms with Gasteiger partial charge in [0.25, 0.3) is 0 Å². The maximum atomic E-state index is 11.6. The molecule has 1 amide bonds. The average molecular weight is 273 g/mol. The molecule has 0 spiro atoms. The molecule has 20 heavy (non-hydrogen) atoms. The maximum Gasteiger partial charge on any atom is 0.236 e. The summed E-state index contributed by atoms with van der Waals surface area (Å²) in [6.07, 6.45) is 0.844. The second kappa shape index (κ2) is 6.92. The summed E-state index contributed by atoms with van der Waals surface area (Å²) in [6.45, 7) is 3.59. The molecule has 0 radical (unpaired) electrons. The van der Waals surface area contributed by atoms with E-state index in [9.17, 15) is 4.79 Å². The third kappa shape index (κ3) is 3.72. The quantitative estimate of drug-likeness (QED) is 0.754. The number of nitriles is 1. The summed E-state index contributed by atoms with van der Waals surface area (Å²) in [4.78, 5) is 15.5. The minimum absolute atomic E-state index is 0.173. The second-order valence-corrected chi connectivity index (χ2v) is 4.90. The largest absolute Gasteiger partial charge is 0.492 e. The number of hydrogen-bond acceptors (Lipinski definition) is 4. The number of piperazine rings is 1. The van der Waals surface area contributed by atoms with Crippen molar-refractivity contribution in [1.29, 1.82) is 5.26 Å². The van der Waals surface area contributed by atoms with Gasteiger partial charge in [0.1, 0.15) is 11.8 Å². The van der Waals surface area contributed by atoms with Crippen molar-refractivity contribution in [3.05, 3.63) is 29.8 Å². The Hall–Kier alpha value is -2.06. The molecule has 1 heterocycles. The van der Waals surface area contributed by atoms with Crippen LogP contribution in [-0.4, -0.2) is 55.5 Å². The van der Waals surface area contributed by atoms with Crippen LogP contribution in [0, 0.1) is 11.3 Å². The Morgan fingerprint density at radius 2 is 2.15 bits per heavy atom. The van der Waals surface area contributed by atoms with Crippen LogP contribution in [0.5, 0.6) is 5.75 Å². The van der Waals surface area contributed by atoms with Crippen LogP contribution in [-0.2, 0) is 4.79 Å². The van der Waals surface area contributed by atoms with E-state index in [1.807, 2.05) is 19.2 Å². The predicted molar refractivity (Wildman–Crippen MR) is 75.3 cm³/mol. The summed E-state index contributed by atoms with van der Waals surface area (Å²) >= 11 is 0. The van der Waals surface area contributed by atoms with E-state index in [2.05, 4.69) is 11.0 Å². The lowest BCUT2D eigenvalue weighted by Crippen LogP contribution is -2.48. The van der Waals surface area contributed by atoms with Gasteiger partial charge in [-0.2, -0.15) is 5.26 Å². The number of amides is 1. The van der Waals surface area contributed by atoms with Crippen molar-refractivity contribution in [2.45, 2.75) is 6.42 Å². The summed E-state index contributed by atoms with van der Waals surface area (Å²) in [5, 5.41) is 8.95. The zero-order chi connectivity index (χ0) is 14.4. The predicted octanol–water partition coefficient (Wildman–Crippen LogP) is 1.10. The topological polar surface area (TPSA) is 56.6 Å². The van der Waals surface area contributed by atoms with Gasteiger partial charge >= 0.3 is 0 Å². The molecule has 0 aromatic heterocycles. The van der Waals surface area contributed by atoms with E-state index < -0.39 is 0 Å². The van der Waals surface area contributed by atoms with Gasteiger partial charge < -0.3 is 9.64 Å². The Labute approximate surface area is 119 Å². The molecule has 0 aliphatic carbocycles. The van der Waals surface area contributed by atoms with Gasteiger partial charge in [-0.05, 0) is 18.6 Å². The minimum Gasteiger partial charge on any atom is -0.492 e. The zero-order valence-corrected chi connectivity index (χ0v) is 11.7. The summed E-state index contributed by atoms with van der Waals surface area (Å²) in [7, 11) is 1.83. The molecule has 0 atom stereocenters. The summed E-state index contributed by atoms with van der Waals surface area (Å²) in [6, 6.07) is 9.34. The first-order valence-corrected chi connectivity index (χ1v) is 6.79. The van der Waals surface area contributed by atoms with Crippen LogP contribution in [0.3, 0.4) is 0 Å². The summed E-state index contributed by atoms with van der Waals surface area (Å²) in [5.74, 6) is 0.802. The summed E-state index contributed by atoms with van der Waals surface area (Å²) < 4.78 is 5.62. The van der Waals surface area contributed by atoms with Crippen molar-refractivity contribution in [1.82, 2.24) is 9.80 Å². The van der Waals surface area contributed by atoms with E-state index in [1.54, 1.807) is 17.0 Å². The fraction of sp³-hybridized carbons (Fsp3) is 0.467. The highest BCUT2D eigenvalue weighted by Gasteiger charge is 2.20. The van der Waals surface area contributed by atoms with E-state index in [1.165, 1.54) is 0 Å². The molecule has 5 heteroatoms. The van der Waals surface area contributed by atoms with Crippen LogP contribution in [0.2, 0.25) is 0 Å². The Morgan fingerprint density at radius 1 is 1.35 bits per heavy atom. The fourth-order valence-electron chi connectivity index (χ4n) is 2.15. The van der Waals surface area contributed by atoms with Crippen molar-refractivity contribution in [2.75, 3.05) is 39.8 Å². The van der Waals surface area contributed by atoms with Gasteiger partial charge in [-0.15, -0.1) is 0 Å². The molecule has 5 nitrogen and oxygen atoms in total. The third-order valence-corrected chi connectivity index (χ3v) is 3.42. The van der Waals surface area contributed by atoms with Gasteiger partial charge in [0.05, 0.1) is 18.7 Å². The van der Waals surface area contributed by atoms with E-state index >= 15 is 0 Å². The van der Waals surface area contributed by atoms with Crippen LogP contribution in [0.1, 0.15) is 12.0 Å². The van der Waals surface area contributed by atoms with Crippen LogP contribution in [0.15, 0.2) is 24.3 Å². The zero-order valence-electron chi connectivity index (χ0n) is 11.7. The lowest BCUT2D eigenvalue weighted by molar-refractivity contribution is -0.134. The first-order valence-electron chi connectivity index (χ1n) is 6.79. The Morgan fingerprint density at radius 3 is 2.90 bits per heavy atom. The smallest absolute Gasteiger partial charge is 0.236 e. The van der Waals surface area contributed by atoms with E-state index in [4.69, 9.17) is 10.00 Å². The molecule has 106 valence electrons. The third-order valence-electron chi connectivity index (χ3n) is 3.42. The molecule has 1 aromatic carbocycles. The van der Waals surface area contributed by atoms with Gasteiger partial charge in [-0.1, -0.05) is 12.1 Å². The highest BCUT2D eigenvalue weighted by atomic mass is 16.5. The average Bonchev–Trinajstić information content (AvgIpc) is 2.47. The first kappa shape index (κ1) is 14.4. The van der Waals surface area contributed by atoms with Gasteiger partial charge in [0.15, 0.2) is 0 Å². The van der Waals surface area contributed by atoms with E-state index in [0.29, 0.717) is 24.5 Å². The standard InChI is InChI=1S/C15H19N3O2/c1-17-8-9-18(12-15(17)19)7-4-10-20-14-6-3-2-5-13(14)11-16/h2-3,5-6H,4,7-10,12H2,1H3. The van der Waals surface area contributed by atoms with Gasteiger partial charge in [0.2, 0.25) is 5.91 Å². The molecule has 0 N–H and O–H groups in total. The van der Waals surface area contributed by atoms with Gasteiger partial charge in [0, 0.05) is 26.7 Å². The van der Waals surface area contributed by atoms with E-state index in [0.717, 1.165) is 26.1 Å². The number of carbonyl (C=O) groups is 1. The maximum absolute atomic E-state index is 11.6. The number of ether oxygens (including phenoxy) is 1. The molecule has 1 aromatic rings. The van der Waals surface area contributed by atoms with E-state index in [-0.39, 0.29) is 5.91 Å². The van der Waals surface area contributed by atoms with Crippen LogP contribution < -0.4 is 4.74 Å². The number of nitrogens with zero attached hydrogens (tertiary/aromatic N) is 3. The number of likely N-dealkylation sites (N-methyl/N-ethyl adjacent to an activating group) is 1. The molecule has 1 saturated heterocycles. The van der Waals surface area contributed by atoms with Crippen molar-refractivity contribution in [3.8, 4) is 11.8 Å². The number of rotatable bonds is 5. The minimum atomic E-state index is 0.173. The highest BCUT2D eigenvalue weighted by molar-refractivity contribution is 5.78. The lowest BCUT2D eigenvalue weighted by Gasteiger charge is -2.31. The Balaban J connectivity index is 1.72. The summed E-state index contributed by atoms with van der Waals surface area (Å²) in [5.41, 5.74) is 0.558. The van der Waals surface area contributed by atoms with Crippen LogP contribution in [0.4, 0.5) is 0 Å². The molecular formula is C15H19N3O2. The van der Waals surface area contributed by atoms with Crippen LogP contribution >= 0.6 is 0 Å². The SMILES string of the molecule is CN1CCN(CCCOc2ccccc2C#N)CC1=O. The molecule has 1 aliphatic heterocycles. The molecule has 1 fully saturated rings. The van der Waals surface area contributed by atoms with Crippen molar-refractivity contribution in [3.63, 3.8) is 0 Å². The van der Waals surface area contributed by atoms with Gasteiger partial charge in [-0.3, -0.25) is 9.69 Å². The number of hydrogen-bond donors (Lipinski definition) is 0. The molecular weight excluding hydrogens is 254 g/mol. The Bertz CT molecular complexity index is 510. The normalized spacial score (nSPS) is 16.0. The molecule has 0 saturated carbocycles. The van der Waals surface area contributed by atoms with Crippen molar-refractivity contribution >= 4 is 5.91 Å². The number of benzene rings is 1. The van der Waals surface area contributed by atoms with Crippen LogP contribution in [0.25, 0.3) is 0 Å². The number of carbonyl (C=O) groups excluding carboxylic acids is 1. The molecule has 2 rings (SSSR count). The monoisotopic (exact) mass is 273 g/mol. The molecule has 0 bridgehead atoms. The first-order chi connectivity index (χ1) is 9.70. The van der Waals surface area contributed by atoms with Crippen molar-refractivity contribution < 1.29 is 9.53 Å². The lowest BCUT2D eigenvalue weighted by atomic mass is 10.2. The Kier molecular flexibility index (Phi) is 4.97. The fourth-order valence-corrected chi connectivity index (χ4v) is 2.15. The van der Waals surface area contributed by atoms with Gasteiger partial charge in [-0.25, -0.2) is 0 Å². The highest BCUT2D eigenvalue weighted by Crippen LogP contribution is 2.16. The molecule has 0 unspecified atom stereocenters. The number of para-hydroxylation sites is 1. The second-order valence-electron chi connectivity index (χ2n) is 4.90.